The van der Waals surface area contributed by atoms with Gasteiger partial charge < -0.3 is 14.8 Å². The van der Waals surface area contributed by atoms with Crippen LogP contribution in [0, 0.1) is 0 Å². The largest absolute Gasteiger partial charge is 0.454 e. The van der Waals surface area contributed by atoms with Gasteiger partial charge in [-0.1, -0.05) is 26.0 Å². The van der Waals surface area contributed by atoms with Gasteiger partial charge in [0, 0.05) is 11.8 Å². The molecule has 1 aliphatic heterocycles. The molecule has 1 N–H and O–H groups in total. The number of carbonyl (C=O) groups is 1. The third-order valence-corrected chi connectivity index (χ3v) is 5.33. The smallest absolute Gasteiger partial charge is 0.245 e. The number of anilines is 2. The molecular weight excluding hydrogens is 368 g/mol. The van der Waals surface area contributed by atoms with Crippen LogP contribution in [-0.4, -0.2) is 33.9 Å². The lowest BCUT2D eigenvalue weighted by Crippen LogP contribution is -2.37. The van der Waals surface area contributed by atoms with Crippen molar-refractivity contribution in [2.24, 2.45) is 0 Å². The van der Waals surface area contributed by atoms with Crippen LogP contribution < -0.4 is 19.1 Å². The summed E-state index contributed by atoms with van der Waals surface area (Å²) < 4.78 is 36.0. The zero-order chi connectivity index (χ0) is 19.6. The number of hydrogen-bond donors (Lipinski definition) is 1. The molecule has 1 heterocycles. The fourth-order valence-corrected chi connectivity index (χ4v) is 3.57. The molecule has 144 valence electrons. The highest BCUT2D eigenvalue weighted by Crippen LogP contribution is 2.36. The molecule has 0 aliphatic carbocycles. The first-order valence-electron chi connectivity index (χ1n) is 8.51. The van der Waals surface area contributed by atoms with Crippen LogP contribution in [0.5, 0.6) is 11.5 Å². The predicted octanol–water partition coefficient (Wildman–Crippen LogP) is 2.94. The Bertz CT molecular complexity index is 939. The van der Waals surface area contributed by atoms with Crippen molar-refractivity contribution in [3.05, 3.63) is 48.0 Å². The Hall–Kier alpha value is -2.74. The Morgan fingerprint density at radius 2 is 1.78 bits per heavy atom. The number of carbonyl (C=O) groups excluding carboxylic acids is 1. The van der Waals surface area contributed by atoms with Gasteiger partial charge in [-0.3, -0.25) is 9.10 Å². The van der Waals surface area contributed by atoms with Gasteiger partial charge in [0.2, 0.25) is 22.7 Å². The van der Waals surface area contributed by atoms with Gasteiger partial charge >= 0.3 is 0 Å². The van der Waals surface area contributed by atoms with E-state index in [2.05, 4.69) is 19.2 Å². The molecule has 7 nitrogen and oxygen atoms in total. The van der Waals surface area contributed by atoms with Gasteiger partial charge in [-0.15, -0.1) is 0 Å². The zero-order valence-corrected chi connectivity index (χ0v) is 16.2. The minimum Gasteiger partial charge on any atom is -0.454 e. The summed E-state index contributed by atoms with van der Waals surface area (Å²) in [7, 11) is -3.66. The monoisotopic (exact) mass is 390 g/mol. The van der Waals surface area contributed by atoms with Gasteiger partial charge in [-0.05, 0) is 35.7 Å². The number of sulfonamides is 1. The minimum absolute atomic E-state index is 0.0878. The second kappa shape index (κ2) is 7.48. The van der Waals surface area contributed by atoms with Crippen LogP contribution in [0.15, 0.2) is 42.5 Å². The molecule has 0 saturated heterocycles. The van der Waals surface area contributed by atoms with Gasteiger partial charge in [0.1, 0.15) is 6.54 Å². The zero-order valence-electron chi connectivity index (χ0n) is 15.4. The normalized spacial score (nSPS) is 12.9. The van der Waals surface area contributed by atoms with E-state index in [-0.39, 0.29) is 13.3 Å². The van der Waals surface area contributed by atoms with E-state index < -0.39 is 15.9 Å². The topological polar surface area (TPSA) is 84.9 Å². The van der Waals surface area contributed by atoms with Crippen LogP contribution in [0.4, 0.5) is 11.4 Å². The van der Waals surface area contributed by atoms with Crippen molar-refractivity contribution in [2.45, 2.75) is 19.8 Å². The molecule has 0 spiro atoms. The summed E-state index contributed by atoms with van der Waals surface area (Å²) in [5.74, 6) is 0.949. The number of ether oxygens (including phenoxy) is 2. The summed E-state index contributed by atoms with van der Waals surface area (Å²) in [6, 6.07) is 12.2. The molecule has 3 rings (SSSR count). The van der Waals surface area contributed by atoms with Gasteiger partial charge in [0.05, 0.1) is 11.9 Å². The molecule has 2 aromatic carbocycles. The van der Waals surface area contributed by atoms with Gasteiger partial charge in [-0.2, -0.15) is 0 Å². The number of nitrogens with zero attached hydrogens (tertiary/aromatic N) is 1. The van der Waals surface area contributed by atoms with E-state index in [9.17, 15) is 13.2 Å². The quantitative estimate of drug-likeness (QED) is 0.820. The standard InChI is InChI=1S/C19H22N2O5S/c1-13(2)14-4-6-15(7-5-14)20-19(22)11-21(27(3,23)24)16-8-9-17-18(10-16)26-12-25-17/h4-10,13H,11-12H2,1-3H3,(H,20,22). The SMILES string of the molecule is CC(C)c1ccc(NC(=O)CN(c2ccc3c(c2)OCO3)S(C)(=O)=O)cc1. The van der Waals surface area contributed by atoms with Crippen molar-refractivity contribution >= 4 is 27.3 Å². The lowest BCUT2D eigenvalue weighted by atomic mass is 10.0. The molecular formula is C19H22N2O5S. The van der Waals surface area contributed by atoms with Crippen LogP contribution in [0.3, 0.4) is 0 Å². The molecule has 0 saturated carbocycles. The molecule has 0 radical (unpaired) electrons. The molecule has 1 amide bonds. The first kappa shape index (κ1) is 19.0. The van der Waals surface area contributed by atoms with Crippen molar-refractivity contribution in [3.63, 3.8) is 0 Å². The van der Waals surface area contributed by atoms with E-state index in [1.807, 2.05) is 12.1 Å². The fourth-order valence-electron chi connectivity index (χ4n) is 2.72. The summed E-state index contributed by atoms with van der Waals surface area (Å²) in [6.07, 6.45) is 1.06. The number of hydrogen-bond acceptors (Lipinski definition) is 5. The van der Waals surface area contributed by atoms with Crippen molar-refractivity contribution < 1.29 is 22.7 Å². The summed E-state index contributed by atoms with van der Waals surface area (Å²) in [5.41, 5.74) is 2.11. The summed E-state index contributed by atoms with van der Waals surface area (Å²) in [4.78, 5) is 12.4. The molecule has 0 aromatic heterocycles. The lowest BCUT2D eigenvalue weighted by molar-refractivity contribution is -0.114. The molecule has 0 bridgehead atoms. The highest BCUT2D eigenvalue weighted by molar-refractivity contribution is 7.92. The summed E-state index contributed by atoms with van der Waals surface area (Å²) in [5, 5.41) is 2.73. The average molecular weight is 390 g/mol. The molecule has 0 fully saturated rings. The average Bonchev–Trinajstić information content (AvgIpc) is 3.06. The molecule has 27 heavy (non-hydrogen) atoms. The van der Waals surface area contributed by atoms with Crippen molar-refractivity contribution in [1.82, 2.24) is 0 Å². The second-order valence-electron chi connectivity index (χ2n) is 6.63. The molecule has 0 atom stereocenters. The molecule has 8 heteroatoms. The van der Waals surface area contributed by atoms with E-state index in [1.54, 1.807) is 30.3 Å². The number of amides is 1. The van der Waals surface area contributed by atoms with Gasteiger partial charge in [-0.25, -0.2) is 8.42 Å². The molecule has 0 unspecified atom stereocenters. The van der Waals surface area contributed by atoms with Crippen LogP contribution in [0.1, 0.15) is 25.3 Å². The van der Waals surface area contributed by atoms with Crippen LogP contribution in [0.2, 0.25) is 0 Å². The van der Waals surface area contributed by atoms with E-state index in [1.165, 1.54) is 0 Å². The number of nitrogens with one attached hydrogen (secondary N) is 1. The third kappa shape index (κ3) is 4.51. The minimum atomic E-state index is -3.66. The summed E-state index contributed by atoms with van der Waals surface area (Å²) in [6.45, 7) is 3.92. The highest BCUT2D eigenvalue weighted by atomic mass is 32.2. The number of rotatable bonds is 6. The van der Waals surface area contributed by atoms with Crippen LogP contribution in [-0.2, 0) is 14.8 Å². The predicted molar refractivity (Wildman–Crippen MR) is 104 cm³/mol. The Kier molecular flexibility index (Phi) is 5.27. The van der Waals surface area contributed by atoms with E-state index in [0.29, 0.717) is 28.8 Å². The van der Waals surface area contributed by atoms with E-state index in [4.69, 9.17) is 9.47 Å². The van der Waals surface area contributed by atoms with Crippen molar-refractivity contribution in [2.75, 3.05) is 29.2 Å². The lowest BCUT2D eigenvalue weighted by Gasteiger charge is -2.22. The Balaban J connectivity index is 1.76. The van der Waals surface area contributed by atoms with Crippen LogP contribution in [0.25, 0.3) is 0 Å². The maximum atomic E-state index is 12.4. The maximum Gasteiger partial charge on any atom is 0.245 e. The van der Waals surface area contributed by atoms with Gasteiger partial charge in [0.25, 0.3) is 0 Å². The Labute approximate surface area is 158 Å². The number of fused-ring (bicyclic) bond motifs is 1. The first-order valence-corrected chi connectivity index (χ1v) is 10.4. The summed E-state index contributed by atoms with van der Waals surface area (Å²) >= 11 is 0. The second-order valence-corrected chi connectivity index (χ2v) is 8.54. The highest BCUT2D eigenvalue weighted by Gasteiger charge is 2.23. The molecule has 1 aliphatic rings. The van der Waals surface area contributed by atoms with E-state index >= 15 is 0 Å². The number of benzene rings is 2. The van der Waals surface area contributed by atoms with Crippen molar-refractivity contribution in [1.29, 1.82) is 0 Å². The molecule has 2 aromatic rings. The van der Waals surface area contributed by atoms with Gasteiger partial charge in [0.15, 0.2) is 11.5 Å². The van der Waals surface area contributed by atoms with E-state index in [0.717, 1.165) is 16.1 Å². The van der Waals surface area contributed by atoms with Crippen molar-refractivity contribution in [3.8, 4) is 11.5 Å². The third-order valence-electron chi connectivity index (χ3n) is 4.19. The fraction of sp³-hybridized carbons (Fsp3) is 0.316. The first-order chi connectivity index (χ1) is 12.7. The Morgan fingerprint density at radius 3 is 2.41 bits per heavy atom. The Morgan fingerprint density at radius 1 is 1.11 bits per heavy atom. The van der Waals surface area contributed by atoms with Crippen LogP contribution >= 0.6 is 0 Å². The maximum absolute atomic E-state index is 12.4.